The van der Waals surface area contributed by atoms with Gasteiger partial charge in [-0.3, -0.25) is 13.9 Å². The lowest BCUT2D eigenvalue weighted by atomic mass is 10.1. The number of carbonyl (C=O) groups is 2. The highest BCUT2D eigenvalue weighted by Crippen LogP contribution is 2.29. The van der Waals surface area contributed by atoms with Gasteiger partial charge in [0, 0.05) is 17.1 Å². The van der Waals surface area contributed by atoms with Crippen LogP contribution >= 0.6 is 23.2 Å². The van der Waals surface area contributed by atoms with Crippen LogP contribution in [-0.2, 0) is 26.2 Å². The molecule has 1 N–H and O–H groups in total. The Hall–Kier alpha value is -3.14. The lowest BCUT2D eigenvalue weighted by molar-refractivity contribution is -0.141. The van der Waals surface area contributed by atoms with Crippen molar-refractivity contribution in [2.24, 2.45) is 0 Å². The summed E-state index contributed by atoms with van der Waals surface area (Å²) < 4.78 is 42.4. The summed E-state index contributed by atoms with van der Waals surface area (Å²) in [4.78, 5) is 28.6. The van der Waals surface area contributed by atoms with Crippen LogP contribution in [0.1, 0.15) is 39.7 Å². The van der Waals surface area contributed by atoms with Crippen LogP contribution in [0.2, 0.25) is 10.0 Å². The minimum Gasteiger partial charge on any atom is -0.350 e. The van der Waals surface area contributed by atoms with Gasteiger partial charge in [-0.2, -0.15) is 0 Å². The third kappa shape index (κ3) is 7.74. The second-order valence-electron chi connectivity index (χ2n) is 10.2. The summed E-state index contributed by atoms with van der Waals surface area (Å²) in [5, 5.41) is 2.99. The molecule has 3 aromatic rings. The van der Waals surface area contributed by atoms with E-state index in [1.807, 2.05) is 20.8 Å². The molecule has 7 nitrogen and oxygen atoms in total. The van der Waals surface area contributed by atoms with E-state index in [1.165, 1.54) is 23.1 Å². The van der Waals surface area contributed by atoms with Gasteiger partial charge in [0.15, 0.2) is 0 Å². The summed E-state index contributed by atoms with van der Waals surface area (Å²) >= 11 is 12.4. The monoisotopic (exact) mass is 607 g/mol. The summed E-state index contributed by atoms with van der Waals surface area (Å²) in [5.74, 6) is -1.78. The molecule has 40 heavy (non-hydrogen) atoms. The number of nitrogens with one attached hydrogen (secondary N) is 1. The van der Waals surface area contributed by atoms with Crippen LogP contribution in [0.15, 0.2) is 77.7 Å². The fourth-order valence-corrected chi connectivity index (χ4v) is 5.87. The lowest BCUT2D eigenvalue weighted by Gasteiger charge is -2.35. The van der Waals surface area contributed by atoms with Crippen molar-refractivity contribution >= 4 is 50.7 Å². The van der Waals surface area contributed by atoms with Crippen LogP contribution in [0.25, 0.3) is 0 Å². The Kier molecular flexibility index (Phi) is 10.2. The van der Waals surface area contributed by atoms with Gasteiger partial charge in [0.25, 0.3) is 10.0 Å². The van der Waals surface area contributed by atoms with Crippen molar-refractivity contribution in [2.45, 2.75) is 57.1 Å². The van der Waals surface area contributed by atoms with Gasteiger partial charge in [-0.05, 0) is 69.2 Å². The third-order valence-electron chi connectivity index (χ3n) is 5.98. The minimum absolute atomic E-state index is 0.00603. The maximum Gasteiger partial charge on any atom is 0.264 e. The molecule has 2 amide bonds. The lowest BCUT2D eigenvalue weighted by Crippen LogP contribution is -2.55. The number of amides is 2. The van der Waals surface area contributed by atoms with Crippen LogP contribution in [0.4, 0.5) is 10.1 Å². The smallest absolute Gasteiger partial charge is 0.264 e. The van der Waals surface area contributed by atoms with Crippen molar-refractivity contribution in [3.05, 3.63) is 94.2 Å². The van der Waals surface area contributed by atoms with E-state index in [1.54, 1.807) is 49.4 Å². The van der Waals surface area contributed by atoms with Gasteiger partial charge in [0.1, 0.15) is 18.4 Å². The fourth-order valence-electron chi connectivity index (χ4n) is 4.07. The van der Waals surface area contributed by atoms with E-state index in [4.69, 9.17) is 23.2 Å². The predicted octanol–water partition coefficient (Wildman–Crippen LogP) is 6.05. The standard InChI is InChI=1S/C29H32Cl2FN3O4S/c1-5-26(28(37)33-29(2,3)4)34(18-20-11-9-10-14-23(20)30)27(36)19-35(21-15-16-25(32)24(31)17-21)40(38,39)22-12-7-6-8-13-22/h6-17,26H,5,18-19H2,1-4H3,(H,33,37). The zero-order valence-corrected chi connectivity index (χ0v) is 25.0. The zero-order valence-electron chi connectivity index (χ0n) is 22.7. The van der Waals surface area contributed by atoms with Crippen LogP contribution in [0, 0.1) is 5.82 Å². The van der Waals surface area contributed by atoms with Gasteiger partial charge in [-0.25, -0.2) is 12.8 Å². The topological polar surface area (TPSA) is 86.8 Å². The molecule has 0 aliphatic heterocycles. The molecule has 3 aromatic carbocycles. The molecule has 0 heterocycles. The number of carbonyl (C=O) groups excluding carboxylic acids is 2. The number of hydrogen-bond donors (Lipinski definition) is 1. The second kappa shape index (κ2) is 13.0. The van der Waals surface area contributed by atoms with Gasteiger partial charge >= 0.3 is 0 Å². The Balaban J connectivity index is 2.10. The van der Waals surface area contributed by atoms with Gasteiger partial charge < -0.3 is 10.2 Å². The van der Waals surface area contributed by atoms with Crippen LogP contribution in [0.5, 0.6) is 0 Å². The molecule has 0 aromatic heterocycles. The Labute approximate surface area is 244 Å². The van der Waals surface area contributed by atoms with Crippen LogP contribution in [0.3, 0.4) is 0 Å². The van der Waals surface area contributed by atoms with Crippen molar-refractivity contribution in [3.8, 4) is 0 Å². The van der Waals surface area contributed by atoms with Crippen LogP contribution in [-0.4, -0.2) is 43.3 Å². The molecule has 1 atom stereocenters. The van der Waals surface area contributed by atoms with Crippen molar-refractivity contribution in [1.82, 2.24) is 10.2 Å². The van der Waals surface area contributed by atoms with E-state index in [9.17, 15) is 22.4 Å². The SMILES string of the molecule is CCC(C(=O)NC(C)(C)C)N(Cc1ccccc1Cl)C(=O)CN(c1ccc(F)c(Cl)c1)S(=O)(=O)c1ccccc1. The molecule has 3 rings (SSSR count). The maximum absolute atomic E-state index is 14.0. The summed E-state index contributed by atoms with van der Waals surface area (Å²) in [6, 6.07) is 16.9. The number of anilines is 1. The normalized spacial score (nSPS) is 12.5. The molecule has 0 spiro atoms. The number of nitrogens with zero attached hydrogens (tertiary/aromatic N) is 2. The molecule has 11 heteroatoms. The number of benzene rings is 3. The average Bonchev–Trinajstić information content (AvgIpc) is 2.89. The van der Waals surface area contributed by atoms with E-state index in [-0.39, 0.29) is 28.6 Å². The molecule has 0 aliphatic rings. The minimum atomic E-state index is -4.30. The van der Waals surface area contributed by atoms with Gasteiger partial charge in [-0.1, -0.05) is 66.5 Å². The van der Waals surface area contributed by atoms with Crippen molar-refractivity contribution in [2.75, 3.05) is 10.8 Å². The molecular formula is C29H32Cl2FN3O4S. The van der Waals surface area contributed by atoms with E-state index < -0.39 is 45.8 Å². The highest BCUT2D eigenvalue weighted by molar-refractivity contribution is 7.92. The third-order valence-corrected chi connectivity index (χ3v) is 8.43. The Morgan fingerprint density at radius 1 is 0.950 bits per heavy atom. The number of sulfonamides is 1. The van der Waals surface area contributed by atoms with Crippen molar-refractivity contribution in [1.29, 1.82) is 0 Å². The number of rotatable bonds is 10. The highest BCUT2D eigenvalue weighted by atomic mass is 35.5. The van der Waals surface area contributed by atoms with Gasteiger partial charge in [0.05, 0.1) is 15.6 Å². The quantitative estimate of drug-likeness (QED) is 0.304. The number of halogens is 3. The first-order chi connectivity index (χ1) is 18.7. The average molecular weight is 609 g/mol. The molecule has 214 valence electrons. The molecule has 0 saturated carbocycles. The number of hydrogen-bond acceptors (Lipinski definition) is 4. The molecule has 0 saturated heterocycles. The molecule has 1 unspecified atom stereocenters. The molecular weight excluding hydrogens is 576 g/mol. The maximum atomic E-state index is 14.0. The first kappa shape index (κ1) is 31.4. The largest absolute Gasteiger partial charge is 0.350 e. The van der Waals surface area contributed by atoms with E-state index in [0.717, 1.165) is 16.4 Å². The van der Waals surface area contributed by atoms with E-state index in [2.05, 4.69) is 5.32 Å². The molecule has 0 fully saturated rings. The summed E-state index contributed by atoms with van der Waals surface area (Å²) in [6.07, 6.45) is 0.256. The molecule has 0 bridgehead atoms. The first-order valence-corrected chi connectivity index (χ1v) is 14.8. The highest BCUT2D eigenvalue weighted by Gasteiger charge is 2.35. The van der Waals surface area contributed by atoms with Crippen LogP contribution < -0.4 is 9.62 Å². The van der Waals surface area contributed by atoms with Crippen molar-refractivity contribution in [3.63, 3.8) is 0 Å². The molecule has 0 radical (unpaired) electrons. The van der Waals surface area contributed by atoms with E-state index in [0.29, 0.717) is 10.6 Å². The predicted molar refractivity (Wildman–Crippen MR) is 156 cm³/mol. The van der Waals surface area contributed by atoms with Crippen molar-refractivity contribution < 1.29 is 22.4 Å². The second-order valence-corrected chi connectivity index (χ2v) is 12.9. The fraction of sp³-hybridized carbons (Fsp3) is 0.310. The van der Waals surface area contributed by atoms with E-state index >= 15 is 0 Å². The Bertz CT molecular complexity index is 1460. The first-order valence-electron chi connectivity index (χ1n) is 12.6. The zero-order chi connectivity index (χ0) is 29.7. The Morgan fingerprint density at radius 3 is 2.15 bits per heavy atom. The summed E-state index contributed by atoms with van der Waals surface area (Å²) in [5.41, 5.74) is 0.00672. The summed E-state index contributed by atoms with van der Waals surface area (Å²) in [7, 11) is -4.30. The van der Waals surface area contributed by atoms with Gasteiger partial charge in [0.2, 0.25) is 11.8 Å². The molecule has 0 aliphatic carbocycles. The van der Waals surface area contributed by atoms with Gasteiger partial charge in [-0.15, -0.1) is 0 Å². The Morgan fingerprint density at radius 2 is 1.57 bits per heavy atom. The summed E-state index contributed by atoms with van der Waals surface area (Å²) in [6.45, 7) is 6.51.